The van der Waals surface area contributed by atoms with Crippen LogP contribution in [0.3, 0.4) is 0 Å². The maximum absolute atomic E-state index is 9.32. The molecule has 0 aliphatic carbocycles. The first-order chi connectivity index (χ1) is 6.54. The summed E-state index contributed by atoms with van der Waals surface area (Å²) in [5, 5.41) is 9.32. The van der Waals surface area contributed by atoms with Crippen molar-refractivity contribution < 1.29 is 5.11 Å². The minimum Gasteiger partial charge on any atom is -0.396 e. The topological polar surface area (TPSA) is 20.2 Å². The molecule has 1 heteroatoms. The third-order valence-electron chi connectivity index (χ3n) is 2.77. The van der Waals surface area contributed by atoms with E-state index in [0.29, 0.717) is 5.92 Å². The Balaban J connectivity index is 2.67. The van der Waals surface area contributed by atoms with Gasteiger partial charge in [0.1, 0.15) is 0 Å². The standard InChI is InChI=1S/C13H20O/c1-13(2,3)12(10-14)9-11-7-5-4-6-8-11/h4-8,12,14H,9-10H2,1-3H3/t12-/m0/s1. The number of benzene rings is 1. The van der Waals surface area contributed by atoms with Gasteiger partial charge >= 0.3 is 0 Å². The van der Waals surface area contributed by atoms with E-state index in [-0.39, 0.29) is 12.0 Å². The minimum absolute atomic E-state index is 0.171. The highest BCUT2D eigenvalue weighted by atomic mass is 16.3. The fraction of sp³-hybridized carbons (Fsp3) is 0.538. The largest absolute Gasteiger partial charge is 0.396 e. The summed E-state index contributed by atoms with van der Waals surface area (Å²) in [7, 11) is 0. The van der Waals surface area contributed by atoms with E-state index < -0.39 is 0 Å². The molecule has 0 fully saturated rings. The van der Waals surface area contributed by atoms with E-state index in [1.165, 1.54) is 5.56 Å². The van der Waals surface area contributed by atoms with Gasteiger partial charge < -0.3 is 5.11 Å². The molecule has 1 aromatic rings. The normalized spacial score (nSPS) is 14.0. The zero-order valence-corrected chi connectivity index (χ0v) is 9.33. The van der Waals surface area contributed by atoms with Gasteiger partial charge in [-0.05, 0) is 23.3 Å². The van der Waals surface area contributed by atoms with Gasteiger partial charge in [0.15, 0.2) is 0 Å². The molecule has 1 atom stereocenters. The molecule has 0 aliphatic rings. The van der Waals surface area contributed by atoms with Crippen LogP contribution < -0.4 is 0 Å². The Morgan fingerprint density at radius 2 is 1.71 bits per heavy atom. The van der Waals surface area contributed by atoms with E-state index >= 15 is 0 Å². The van der Waals surface area contributed by atoms with Crippen LogP contribution in [0, 0.1) is 11.3 Å². The second kappa shape index (κ2) is 4.61. The first kappa shape index (κ1) is 11.3. The molecule has 0 saturated heterocycles. The zero-order valence-electron chi connectivity index (χ0n) is 9.33. The maximum atomic E-state index is 9.32. The lowest BCUT2D eigenvalue weighted by Crippen LogP contribution is -2.25. The number of hydrogen-bond acceptors (Lipinski definition) is 1. The molecule has 0 aromatic heterocycles. The number of rotatable bonds is 3. The summed E-state index contributed by atoms with van der Waals surface area (Å²) in [6.07, 6.45) is 0.959. The Hall–Kier alpha value is -0.820. The predicted molar refractivity (Wildman–Crippen MR) is 60.2 cm³/mol. The summed E-state index contributed by atoms with van der Waals surface area (Å²) in [5.74, 6) is 0.338. The lowest BCUT2D eigenvalue weighted by Gasteiger charge is -2.29. The van der Waals surface area contributed by atoms with Gasteiger partial charge in [0.25, 0.3) is 0 Å². The Kier molecular flexibility index (Phi) is 3.70. The summed E-state index contributed by atoms with van der Waals surface area (Å²) in [6, 6.07) is 10.4. The van der Waals surface area contributed by atoms with Gasteiger partial charge in [-0.25, -0.2) is 0 Å². The average molecular weight is 192 g/mol. The van der Waals surface area contributed by atoms with Crippen molar-refractivity contribution in [2.45, 2.75) is 27.2 Å². The summed E-state index contributed by atoms with van der Waals surface area (Å²) in [6.45, 7) is 6.79. The molecule has 0 saturated carbocycles. The molecule has 0 heterocycles. The van der Waals surface area contributed by atoms with Gasteiger partial charge in [-0.3, -0.25) is 0 Å². The highest BCUT2D eigenvalue weighted by molar-refractivity contribution is 5.15. The molecule has 1 N–H and O–H groups in total. The second-order valence-corrected chi connectivity index (χ2v) is 4.94. The molecule has 0 spiro atoms. The minimum atomic E-state index is 0.171. The van der Waals surface area contributed by atoms with E-state index in [1.54, 1.807) is 0 Å². The molecule has 78 valence electrons. The molecule has 0 aliphatic heterocycles. The summed E-state index contributed by atoms with van der Waals surface area (Å²) >= 11 is 0. The quantitative estimate of drug-likeness (QED) is 0.780. The highest BCUT2D eigenvalue weighted by Gasteiger charge is 2.23. The van der Waals surface area contributed by atoms with Crippen LogP contribution in [0.5, 0.6) is 0 Å². The van der Waals surface area contributed by atoms with Crippen LogP contribution in [0.25, 0.3) is 0 Å². The maximum Gasteiger partial charge on any atom is 0.0467 e. The van der Waals surface area contributed by atoms with Crippen molar-refractivity contribution in [2.75, 3.05) is 6.61 Å². The summed E-state index contributed by atoms with van der Waals surface area (Å²) < 4.78 is 0. The first-order valence-electron chi connectivity index (χ1n) is 5.19. The summed E-state index contributed by atoms with van der Waals surface area (Å²) in [4.78, 5) is 0. The molecule has 0 radical (unpaired) electrons. The third-order valence-corrected chi connectivity index (χ3v) is 2.77. The third kappa shape index (κ3) is 3.15. The Labute approximate surface area is 86.8 Å². The van der Waals surface area contributed by atoms with Crippen LogP contribution >= 0.6 is 0 Å². The SMILES string of the molecule is CC(C)(C)[C@H](CO)Cc1ccccc1. The van der Waals surface area contributed by atoms with Crippen LogP contribution in [0.4, 0.5) is 0 Å². The molecule has 0 bridgehead atoms. The van der Waals surface area contributed by atoms with E-state index in [4.69, 9.17) is 0 Å². The average Bonchev–Trinajstić information content (AvgIpc) is 2.14. The van der Waals surface area contributed by atoms with Crippen molar-refractivity contribution in [3.05, 3.63) is 35.9 Å². The highest BCUT2D eigenvalue weighted by Crippen LogP contribution is 2.28. The Bertz CT molecular complexity index is 258. The van der Waals surface area contributed by atoms with Crippen LogP contribution in [0.15, 0.2) is 30.3 Å². The molecule has 1 nitrogen and oxygen atoms in total. The molecule has 1 aromatic carbocycles. The van der Waals surface area contributed by atoms with Crippen molar-refractivity contribution in [2.24, 2.45) is 11.3 Å². The monoisotopic (exact) mass is 192 g/mol. The Morgan fingerprint density at radius 3 is 2.14 bits per heavy atom. The molecule has 14 heavy (non-hydrogen) atoms. The Morgan fingerprint density at radius 1 is 1.14 bits per heavy atom. The van der Waals surface area contributed by atoms with Crippen molar-refractivity contribution >= 4 is 0 Å². The van der Waals surface area contributed by atoms with Crippen LogP contribution in [-0.4, -0.2) is 11.7 Å². The lowest BCUT2D eigenvalue weighted by molar-refractivity contribution is 0.131. The number of aliphatic hydroxyl groups excluding tert-OH is 1. The van der Waals surface area contributed by atoms with Crippen LogP contribution in [0.1, 0.15) is 26.3 Å². The van der Waals surface area contributed by atoms with Crippen LogP contribution in [0.2, 0.25) is 0 Å². The molecule has 1 rings (SSSR count). The predicted octanol–water partition coefficient (Wildman–Crippen LogP) is 2.88. The first-order valence-corrected chi connectivity index (χ1v) is 5.19. The van der Waals surface area contributed by atoms with Crippen molar-refractivity contribution in [1.29, 1.82) is 0 Å². The fourth-order valence-corrected chi connectivity index (χ4v) is 1.54. The van der Waals surface area contributed by atoms with E-state index in [1.807, 2.05) is 18.2 Å². The summed E-state index contributed by atoms with van der Waals surface area (Å²) in [5.41, 5.74) is 1.48. The lowest BCUT2D eigenvalue weighted by atomic mass is 9.78. The van der Waals surface area contributed by atoms with Gasteiger partial charge in [-0.2, -0.15) is 0 Å². The molecular weight excluding hydrogens is 172 g/mol. The fourth-order valence-electron chi connectivity index (χ4n) is 1.54. The smallest absolute Gasteiger partial charge is 0.0467 e. The number of hydrogen-bond donors (Lipinski definition) is 1. The van der Waals surface area contributed by atoms with Crippen molar-refractivity contribution in [3.8, 4) is 0 Å². The van der Waals surface area contributed by atoms with Crippen LogP contribution in [-0.2, 0) is 6.42 Å². The van der Waals surface area contributed by atoms with Crippen molar-refractivity contribution in [3.63, 3.8) is 0 Å². The van der Waals surface area contributed by atoms with E-state index in [2.05, 4.69) is 32.9 Å². The van der Waals surface area contributed by atoms with Gasteiger partial charge in [0, 0.05) is 6.61 Å². The van der Waals surface area contributed by atoms with Crippen molar-refractivity contribution in [1.82, 2.24) is 0 Å². The molecule has 0 unspecified atom stereocenters. The van der Waals surface area contributed by atoms with E-state index in [9.17, 15) is 5.11 Å². The molecule has 0 amide bonds. The van der Waals surface area contributed by atoms with Gasteiger partial charge in [0.2, 0.25) is 0 Å². The van der Waals surface area contributed by atoms with Gasteiger partial charge in [-0.1, -0.05) is 51.1 Å². The second-order valence-electron chi connectivity index (χ2n) is 4.94. The van der Waals surface area contributed by atoms with Gasteiger partial charge in [0.05, 0.1) is 0 Å². The van der Waals surface area contributed by atoms with Gasteiger partial charge in [-0.15, -0.1) is 0 Å². The number of aliphatic hydroxyl groups is 1. The zero-order chi connectivity index (χ0) is 10.6. The van der Waals surface area contributed by atoms with E-state index in [0.717, 1.165) is 6.42 Å². The molecular formula is C13H20O.